The summed E-state index contributed by atoms with van der Waals surface area (Å²) in [5.74, 6) is -12.1. The van der Waals surface area contributed by atoms with Crippen molar-refractivity contribution in [2.45, 2.75) is 49.6 Å². The molecule has 2 saturated heterocycles. The molecule has 3 aromatic rings. The Morgan fingerprint density at radius 1 is 0.850 bits per heavy atom. The molecule has 0 radical (unpaired) electrons. The monoisotopic (exact) mass is 580 g/mol. The highest BCUT2D eigenvalue weighted by atomic mass is 32.2. The second kappa shape index (κ2) is 10.8. The summed E-state index contributed by atoms with van der Waals surface area (Å²) in [6, 6.07) is 13.0. The Morgan fingerprint density at radius 2 is 1.45 bits per heavy atom. The van der Waals surface area contributed by atoms with Gasteiger partial charge in [0.25, 0.3) is 0 Å². The van der Waals surface area contributed by atoms with Crippen LogP contribution in [0.3, 0.4) is 0 Å². The quantitative estimate of drug-likeness (QED) is 0.254. The molecule has 2 unspecified atom stereocenters. The van der Waals surface area contributed by atoms with Crippen LogP contribution in [0.4, 0.5) is 22.0 Å². The summed E-state index contributed by atoms with van der Waals surface area (Å²) >= 11 is 0. The van der Waals surface area contributed by atoms with Crippen LogP contribution in [-0.2, 0) is 10.0 Å². The minimum atomic E-state index is -5.08. The lowest BCUT2D eigenvalue weighted by atomic mass is 9.74. The van der Waals surface area contributed by atoms with Gasteiger partial charge in [0.1, 0.15) is 0 Å². The third-order valence-corrected chi connectivity index (χ3v) is 10.2. The van der Waals surface area contributed by atoms with Crippen LogP contribution in [0.2, 0.25) is 0 Å². The van der Waals surface area contributed by atoms with Crippen LogP contribution in [-0.4, -0.2) is 61.1 Å². The smallest absolute Gasteiger partial charge is 0.249 e. The first-order valence-electron chi connectivity index (χ1n) is 13.0. The predicted molar refractivity (Wildman–Crippen MR) is 140 cm³/mol. The lowest BCUT2D eigenvalue weighted by Gasteiger charge is -2.57. The number of rotatable bonds is 5. The number of aryl methyl sites for hydroxylation is 1. The molecule has 11 heteroatoms. The van der Waals surface area contributed by atoms with Gasteiger partial charge >= 0.3 is 0 Å². The molecular formula is C29H29F5N2O3S. The summed E-state index contributed by atoms with van der Waals surface area (Å²) < 4.78 is 98.0. The van der Waals surface area contributed by atoms with Crippen molar-refractivity contribution < 1.29 is 35.5 Å². The molecule has 2 aliphatic heterocycles. The Balaban J connectivity index is 1.49. The number of sulfonamides is 1. The molecule has 1 N–H and O–H groups in total. The van der Waals surface area contributed by atoms with Crippen molar-refractivity contribution in [3.63, 3.8) is 0 Å². The topological polar surface area (TPSA) is 60.9 Å². The number of hydrogen-bond acceptors (Lipinski definition) is 4. The maximum Gasteiger partial charge on any atom is 0.249 e. The molecule has 214 valence electrons. The number of nitrogens with zero attached hydrogens (tertiary/aromatic N) is 2. The van der Waals surface area contributed by atoms with Gasteiger partial charge < -0.3 is 5.11 Å². The highest BCUT2D eigenvalue weighted by Gasteiger charge is 2.51. The van der Waals surface area contributed by atoms with Gasteiger partial charge in [0.05, 0.1) is 6.61 Å². The first kappa shape index (κ1) is 28.7. The number of hydrogen-bond donors (Lipinski definition) is 1. The molecule has 2 heterocycles. The number of benzene rings is 3. The van der Waals surface area contributed by atoms with E-state index in [0.717, 1.165) is 32.1 Å². The summed E-state index contributed by atoms with van der Waals surface area (Å²) in [6.45, 7) is 4.07. The van der Waals surface area contributed by atoms with Crippen LogP contribution in [0, 0.1) is 42.9 Å². The average molecular weight is 581 g/mol. The minimum absolute atomic E-state index is 0.145. The van der Waals surface area contributed by atoms with Crippen LogP contribution in [0.5, 0.6) is 0 Å². The fraction of sp³-hybridized carbons (Fsp3) is 0.379. The highest BCUT2D eigenvalue weighted by molar-refractivity contribution is 7.89. The van der Waals surface area contributed by atoms with Gasteiger partial charge in [-0.25, -0.2) is 30.4 Å². The van der Waals surface area contributed by atoms with E-state index in [1.165, 1.54) is 0 Å². The molecule has 0 aromatic heterocycles. The Morgan fingerprint density at radius 3 is 2.08 bits per heavy atom. The van der Waals surface area contributed by atoms with E-state index in [2.05, 4.69) is 0 Å². The third-order valence-electron chi connectivity index (χ3n) is 8.31. The van der Waals surface area contributed by atoms with Crippen molar-refractivity contribution in [2.75, 3.05) is 26.2 Å². The zero-order chi connectivity index (χ0) is 28.9. The van der Waals surface area contributed by atoms with Crippen LogP contribution < -0.4 is 0 Å². The van der Waals surface area contributed by atoms with E-state index in [1.54, 1.807) is 0 Å². The van der Waals surface area contributed by atoms with E-state index in [-0.39, 0.29) is 31.7 Å². The molecule has 3 aromatic carbocycles. The van der Waals surface area contributed by atoms with Gasteiger partial charge in [-0.15, -0.1) is 0 Å². The van der Waals surface area contributed by atoms with Gasteiger partial charge in [0, 0.05) is 31.1 Å². The molecule has 0 amide bonds. The van der Waals surface area contributed by atoms with Gasteiger partial charge in [0.2, 0.25) is 15.8 Å². The van der Waals surface area contributed by atoms with E-state index >= 15 is 0 Å². The Kier molecular flexibility index (Phi) is 7.77. The molecule has 3 atom stereocenters. The van der Waals surface area contributed by atoms with E-state index < -0.39 is 50.0 Å². The van der Waals surface area contributed by atoms with Crippen LogP contribution in [0.1, 0.15) is 35.4 Å². The molecule has 2 aliphatic rings. The number of halogens is 5. The summed E-state index contributed by atoms with van der Waals surface area (Å²) in [5.41, 5.74) is 5.22. The first-order valence-corrected chi connectivity index (χ1v) is 14.5. The first-order chi connectivity index (χ1) is 19.0. The van der Waals surface area contributed by atoms with E-state index in [4.69, 9.17) is 0 Å². The lowest BCUT2D eigenvalue weighted by molar-refractivity contribution is -0.0554. The zero-order valence-corrected chi connectivity index (χ0v) is 22.8. The Hall–Kier alpha value is -2.86. The van der Waals surface area contributed by atoms with E-state index in [1.807, 2.05) is 61.2 Å². The highest BCUT2D eigenvalue weighted by Crippen LogP contribution is 2.43. The van der Waals surface area contributed by atoms with Crippen molar-refractivity contribution in [2.24, 2.45) is 0 Å². The standard InChI is InChI=1S/C29H29F5N2O3S/c1-16-6-5-7-20(17(16)2)18-8-10-19(11-9-18)23-21-14-35(12-3-4-13-36(21)22(23)15-37)40(38,39)29-27(33)25(31)24(30)26(32)28(29)34/h5-11,21-23,37H,3-4,12-15H2,1-2H3/t21?,22-,23?/m1/s1. The van der Waals surface area contributed by atoms with Gasteiger partial charge in [-0.1, -0.05) is 42.5 Å². The van der Waals surface area contributed by atoms with Gasteiger partial charge in [-0.3, -0.25) is 4.90 Å². The predicted octanol–water partition coefficient (Wildman–Crippen LogP) is 5.28. The van der Waals surface area contributed by atoms with Crippen molar-refractivity contribution in [1.82, 2.24) is 9.21 Å². The molecule has 0 spiro atoms. The molecule has 2 fully saturated rings. The average Bonchev–Trinajstić information content (AvgIpc) is 2.91. The largest absolute Gasteiger partial charge is 0.395 e. The third kappa shape index (κ3) is 4.62. The molecule has 0 bridgehead atoms. The maximum atomic E-state index is 14.5. The van der Waals surface area contributed by atoms with Gasteiger partial charge in [-0.05, 0) is 61.1 Å². The van der Waals surface area contributed by atoms with Crippen molar-refractivity contribution in [3.05, 3.63) is 88.2 Å². The molecule has 40 heavy (non-hydrogen) atoms. The summed E-state index contributed by atoms with van der Waals surface area (Å²) in [5, 5.41) is 10.2. The van der Waals surface area contributed by atoms with Gasteiger partial charge in [-0.2, -0.15) is 4.31 Å². The fourth-order valence-corrected chi connectivity index (χ4v) is 7.62. The molecule has 5 nitrogen and oxygen atoms in total. The number of aliphatic hydroxyl groups excluding tert-OH is 1. The molecule has 5 rings (SSSR count). The second-order valence-electron chi connectivity index (χ2n) is 10.4. The van der Waals surface area contributed by atoms with Crippen LogP contribution in [0.15, 0.2) is 47.4 Å². The molecular weight excluding hydrogens is 551 g/mol. The molecule has 0 saturated carbocycles. The van der Waals surface area contributed by atoms with E-state index in [0.29, 0.717) is 19.4 Å². The number of fused-ring (bicyclic) bond motifs is 1. The van der Waals surface area contributed by atoms with Crippen molar-refractivity contribution in [3.8, 4) is 11.1 Å². The Bertz CT molecular complexity index is 1520. The summed E-state index contributed by atoms with van der Waals surface area (Å²) in [7, 11) is -5.08. The minimum Gasteiger partial charge on any atom is -0.395 e. The fourth-order valence-electron chi connectivity index (χ4n) is 6.02. The normalized spacial score (nSPS) is 22.4. The van der Waals surface area contributed by atoms with E-state index in [9.17, 15) is 35.5 Å². The second-order valence-corrected chi connectivity index (χ2v) is 12.3. The summed E-state index contributed by atoms with van der Waals surface area (Å²) in [4.78, 5) is 0.104. The lowest BCUT2D eigenvalue weighted by Crippen LogP contribution is -2.67. The maximum absolute atomic E-state index is 14.5. The van der Waals surface area contributed by atoms with Crippen molar-refractivity contribution >= 4 is 10.0 Å². The van der Waals surface area contributed by atoms with Crippen LogP contribution in [0.25, 0.3) is 11.1 Å². The summed E-state index contributed by atoms with van der Waals surface area (Å²) in [6.07, 6.45) is 0.833. The van der Waals surface area contributed by atoms with Crippen molar-refractivity contribution in [1.29, 1.82) is 0 Å². The zero-order valence-electron chi connectivity index (χ0n) is 22.0. The number of aliphatic hydroxyl groups is 1. The SMILES string of the molecule is Cc1cccc(-c2ccc(C3C4CN(S(=O)(=O)c5c(F)c(F)c(F)c(F)c5F)CCCCN4[C@@H]3CO)cc2)c1C. The van der Waals surface area contributed by atoms with Gasteiger partial charge in [0.15, 0.2) is 28.2 Å². The van der Waals surface area contributed by atoms with Crippen LogP contribution >= 0.6 is 0 Å². The Labute approximate surface area is 229 Å². The molecule has 0 aliphatic carbocycles.